The molecule has 0 aliphatic carbocycles. The fourth-order valence-corrected chi connectivity index (χ4v) is 3.16. The highest BCUT2D eigenvalue weighted by Gasteiger charge is 2.27. The van der Waals surface area contributed by atoms with Crippen molar-refractivity contribution in [2.24, 2.45) is 0 Å². The number of nitro groups is 1. The van der Waals surface area contributed by atoms with Crippen LogP contribution in [0.25, 0.3) is 0 Å². The average Bonchev–Trinajstić information content (AvgIpc) is 2.73. The van der Waals surface area contributed by atoms with E-state index >= 15 is 0 Å². The van der Waals surface area contributed by atoms with Crippen molar-refractivity contribution in [3.05, 3.63) is 68.2 Å². The fourth-order valence-electron chi connectivity index (χ4n) is 2.91. The van der Waals surface area contributed by atoms with Gasteiger partial charge in [0.25, 0.3) is 11.6 Å². The lowest BCUT2D eigenvalue weighted by atomic mass is 10.0. The number of amides is 1. The number of ketones is 1. The van der Waals surface area contributed by atoms with Crippen LogP contribution in [0.3, 0.4) is 0 Å². The summed E-state index contributed by atoms with van der Waals surface area (Å²) >= 11 is 6.09. The molecule has 0 unspecified atom stereocenters. The fraction of sp³-hybridized carbons (Fsp3) is 0.222. The van der Waals surface area contributed by atoms with Gasteiger partial charge in [-0.25, -0.2) is 0 Å². The predicted molar refractivity (Wildman–Crippen MR) is 94.5 cm³/mol. The van der Waals surface area contributed by atoms with Crippen molar-refractivity contribution in [1.29, 1.82) is 0 Å². The van der Waals surface area contributed by atoms with Crippen LogP contribution in [0.1, 0.15) is 39.1 Å². The van der Waals surface area contributed by atoms with Gasteiger partial charge in [0.05, 0.1) is 21.2 Å². The quantitative estimate of drug-likeness (QED) is 0.595. The monoisotopic (exact) mass is 358 g/mol. The molecule has 1 aliphatic rings. The highest BCUT2D eigenvalue weighted by Crippen LogP contribution is 2.31. The summed E-state index contributed by atoms with van der Waals surface area (Å²) < 4.78 is 0. The van der Waals surface area contributed by atoms with Gasteiger partial charge >= 0.3 is 0 Å². The van der Waals surface area contributed by atoms with E-state index in [4.69, 9.17) is 11.6 Å². The molecule has 0 aromatic heterocycles. The Kier molecular flexibility index (Phi) is 4.55. The molecule has 6 nitrogen and oxygen atoms in total. The van der Waals surface area contributed by atoms with Crippen LogP contribution in [0.2, 0.25) is 5.02 Å². The van der Waals surface area contributed by atoms with Gasteiger partial charge in [0.2, 0.25) is 0 Å². The smallest absolute Gasteiger partial charge is 0.270 e. The van der Waals surface area contributed by atoms with E-state index in [0.717, 1.165) is 11.6 Å². The molecular weight excluding hydrogens is 344 g/mol. The number of non-ortho nitro benzene ring substituents is 1. The Balaban J connectivity index is 2.04. The zero-order valence-corrected chi connectivity index (χ0v) is 14.2. The van der Waals surface area contributed by atoms with E-state index in [1.807, 2.05) is 13.0 Å². The van der Waals surface area contributed by atoms with E-state index in [2.05, 4.69) is 0 Å². The first-order valence-corrected chi connectivity index (χ1v) is 8.16. The number of fused-ring (bicyclic) bond motifs is 1. The maximum absolute atomic E-state index is 13.0. The first-order valence-electron chi connectivity index (χ1n) is 7.78. The van der Waals surface area contributed by atoms with Crippen molar-refractivity contribution in [3.8, 4) is 0 Å². The molecule has 25 heavy (non-hydrogen) atoms. The average molecular weight is 359 g/mol. The Hall–Kier alpha value is -2.73. The maximum Gasteiger partial charge on any atom is 0.270 e. The zero-order chi connectivity index (χ0) is 18.1. The summed E-state index contributed by atoms with van der Waals surface area (Å²) in [6.07, 6.45) is 0.914. The van der Waals surface area contributed by atoms with Crippen molar-refractivity contribution in [2.45, 2.75) is 19.8 Å². The van der Waals surface area contributed by atoms with Gasteiger partial charge in [0, 0.05) is 30.7 Å². The molecule has 1 amide bonds. The maximum atomic E-state index is 13.0. The number of nitro benzene ring substituents is 1. The highest BCUT2D eigenvalue weighted by atomic mass is 35.5. The molecule has 0 radical (unpaired) electrons. The molecule has 0 saturated carbocycles. The summed E-state index contributed by atoms with van der Waals surface area (Å²) in [5, 5.41) is 10.8. The van der Waals surface area contributed by atoms with Gasteiger partial charge in [-0.2, -0.15) is 0 Å². The van der Waals surface area contributed by atoms with Crippen LogP contribution in [0.4, 0.5) is 11.4 Å². The number of hydrogen-bond acceptors (Lipinski definition) is 4. The second-order valence-electron chi connectivity index (χ2n) is 5.93. The molecule has 0 fully saturated rings. The lowest BCUT2D eigenvalue weighted by Crippen LogP contribution is -2.32. The number of Topliss-reactive ketones (excluding diaryl/α,β-unsaturated/α-hetero) is 1. The molecular formula is C18H15ClN2O4. The van der Waals surface area contributed by atoms with E-state index in [1.54, 1.807) is 12.1 Å². The lowest BCUT2D eigenvalue weighted by molar-refractivity contribution is -0.384. The molecule has 0 saturated heterocycles. The summed E-state index contributed by atoms with van der Waals surface area (Å²) in [5.41, 5.74) is 2.00. The number of carbonyl (C=O) groups is 2. The minimum absolute atomic E-state index is 0.00352. The van der Waals surface area contributed by atoms with Crippen LogP contribution in [-0.4, -0.2) is 23.2 Å². The number of carbonyl (C=O) groups excluding carboxylic acids is 2. The lowest BCUT2D eigenvalue weighted by Gasteiger charge is -2.23. The van der Waals surface area contributed by atoms with Crippen LogP contribution in [0.15, 0.2) is 36.4 Å². The predicted octanol–water partition coefficient (Wildman–Crippen LogP) is 4.18. The van der Waals surface area contributed by atoms with Crippen molar-refractivity contribution in [3.63, 3.8) is 0 Å². The summed E-state index contributed by atoms with van der Waals surface area (Å²) in [6.45, 7) is 2.27. The number of aryl methyl sites for hydroxylation is 1. The van der Waals surface area contributed by atoms with Gasteiger partial charge in [0.1, 0.15) is 0 Å². The first-order chi connectivity index (χ1) is 11.9. The van der Waals surface area contributed by atoms with E-state index in [1.165, 1.54) is 17.0 Å². The normalized spacial score (nSPS) is 14.0. The second kappa shape index (κ2) is 6.64. The van der Waals surface area contributed by atoms with Crippen molar-refractivity contribution >= 4 is 34.7 Å². The van der Waals surface area contributed by atoms with E-state index in [0.29, 0.717) is 30.6 Å². The van der Waals surface area contributed by atoms with Crippen LogP contribution in [0, 0.1) is 17.0 Å². The van der Waals surface area contributed by atoms with Gasteiger partial charge < -0.3 is 4.90 Å². The molecule has 2 aromatic carbocycles. The van der Waals surface area contributed by atoms with Crippen LogP contribution >= 0.6 is 11.6 Å². The molecule has 1 aliphatic heterocycles. The molecule has 128 valence electrons. The van der Waals surface area contributed by atoms with Crippen molar-refractivity contribution in [1.82, 2.24) is 0 Å². The molecule has 0 spiro atoms. The standard InChI is InChI=1S/C18H15ClN2O4/c1-11-4-7-16-14(9-11)17(22)3-2-8-20(16)18(23)13-6-5-12(21(24)25)10-15(13)19/h4-7,9-10H,2-3,8H2,1H3. The van der Waals surface area contributed by atoms with Crippen LogP contribution in [-0.2, 0) is 0 Å². The topological polar surface area (TPSA) is 80.5 Å². The SMILES string of the molecule is Cc1ccc2c(c1)C(=O)CCCN2C(=O)c1ccc([N+](=O)[O-])cc1Cl. The summed E-state index contributed by atoms with van der Waals surface area (Å²) in [6, 6.07) is 9.14. The summed E-state index contributed by atoms with van der Waals surface area (Å²) in [7, 11) is 0. The molecule has 1 heterocycles. The number of nitrogens with zero attached hydrogens (tertiary/aromatic N) is 2. The zero-order valence-electron chi connectivity index (χ0n) is 13.5. The Morgan fingerprint density at radius 1 is 1.24 bits per heavy atom. The third-order valence-electron chi connectivity index (χ3n) is 4.17. The second-order valence-corrected chi connectivity index (χ2v) is 6.33. The van der Waals surface area contributed by atoms with Crippen LogP contribution < -0.4 is 4.90 Å². The van der Waals surface area contributed by atoms with Crippen molar-refractivity contribution in [2.75, 3.05) is 11.4 Å². The Labute approximate surface area is 149 Å². The number of rotatable bonds is 2. The van der Waals surface area contributed by atoms with E-state index < -0.39 is 4.92 Å². The number of anilines is 1. The van der Waals surface area contributed by atoms with Gasteiger partial charge in [-0.1, -0.05) is 23.2 Å². The molecule has 0 bridgehead atoms. The van der Waals surface area contributed by atoms with Gasteiger partial charge in [0.15, 0.2) is 5.78 Å². The van der Waals surface area contributed by atoms with E-state index in [-0.39, 0.29) is 28.0 Å². The van der Waals surface area contributed by atoms with Gasteiger partial charge in [-0.15, -0.1) is 0 Å². The molecule has 7 heteroatoms. The van der Waals surface area contributed by atoms with Crippen molar-refractivity contribution < 1.29 is 14.5 Å². The Bertz CT molecular complexity index is 895. The Morgan fingerprint density at radius 3 is 2.68 bits per heavy atom. The van der Waals surface area contributed by atoms with E-state index in [9.17, 15) is 19.7 Å². The molecule has 0 atom stereocenters. The number of hydrogen-bond donors (Lipinski definition) is 0. The molecule has 2 aromatic rings. The van der Waals surface area contributed by atoms with Gasteiger partial charge in [-0.05, 0) is 31.5 Å². The molecule has 0 N–H and O–H groups in total. The van der Waals surface area contributed by atoms with Crippen LogP contribution in [0.5, 0.6) is 0 Å². The summed E-state index contributed by atoms with van der Waals surface area (Å²) in [5.74, 6) is -0.372. The third kappa shape index (κ3) is 3.25. The summed E-state index contributed by atoms with van der Waals surface area (Å²) in [4.78, 5) is 37.1. The minimum atomic E-state index is -0.567. The highest BCUT2D eigenvalue weighted by molar-refractivity contribution is 6.35. The molecule has 3 rings (SSSR count). The number of benzene rings is 2. The number of halogens is 1. The first kappa shape index (κ1) is 17.1. The van der Waals surface area contributed by atoms with Gasteiger partial charge in [-0.3, -0.25) is 19.7 Å². The third-order valence-corrected chi connectivity index (χ3v) is 4.48. The minimum Gasteiger partial charge on any atom is -0.308 e. The Morgan fingerprint density at radius 2 is 2.00 bits per heavy atom. The largest absolute Gasteiger partial charge is 0.308 e.